The summed E-state index contributed by atoms with van der Waals surface area (Å²) in [6.45, 7) is 10.1. The molecule has 0 fully saturated rings. The fraction of sp³-hybridized carbons (Fsp3) is 0.391. The third kappa shape index (κ3) is 5.94. The molecule has 8 nitrogen and oxygen atoms in total. The molecule has 0 saturated heterocycles. The first-order valence-corrected chi connectivity index (χ1v) is 12.3. The zero-order valence-electron chi connectivity index (χ0n) is 19.6. The summed E-state index contributed by atoms with van der Waals surface area (Å²) in [5.74, 6) is 0.928. The van der Waals surface area contributed by atoms with E-state index in [4.69, 9.17) is 9.47 Å². The monoisotopic (exact) mass is 488 g/mol. The number of hydrogen-bond donors (Lipinski definition) is 1. The Kier molecular flexibility index (Phi) is 8.15. The maximum Gasteiger partial charge on any atom is 0.341 e. The number of aryl methyl sites for hydroxylation is 3. The van der Waals surface area contributed by atoms with Crippen LogP contribution in [0.25, 0.3) is 0 Å². The summed E-state index contributed by atoms with van der Waals surface area (Å²) in [5, 5.41) is 12.3. The molecule has 2 aromatic heterocycles. The molecular weight excluding hydrogens is 460 g/mol. The number of benzene rings is 1. The summed E-state index contributed by atoms with van der Waals surface area (Å²) in [5.41, 5.74) is 3.48. The Morgan fingerprint density at radius 3 is 2.64 bits per heavy atom. The number of rotatable bonds is 9. The van der Waals surface area contributed by atoms with E-state index in [1.807, 2.05) is 51.4 Å². The van der Waals surface area contributed by atoms with Crippen molar-refractivity contribution in [2.24, 2.45) is 7.05 Å². The van der Waals surface area contributed by atoms with Crippen LogP contribution >= 0.6 is 23.1 Å². The molecule has 1 amide bonds. The molecule has 0 atom stereocenters. The smallest absolute Gasteiger partial charge is 0.341 e. The lowest BCUT2D eigenvalue weighted by molar-refractivity contribution is -0.113. The number of hydrogen-bond acceptors (Lipinski definition) is 8. The molecule has 1 aromatic carbocycles. The van der Waals surface area contributed by atoms with Crippen molar-refractivity contribution >= 4 is 40.0 Å². The molecule has 3 aromatic rings. The second-order valence-corrected chi connectivity index (χ2v) is 9.73. The van der Waals surface area contributed by atoms with Gasteiger partial charge in [-0.1, -0.05) is 29.5 Å². The molecule has 0 aliphatic rings. The van der Waals surface area contributed by atoms with E-state index in [1.165, 1.54) is 28.7 Å². The van der Waals surface area contributed by atoms with E-state index in [1.54, 1.807) is 6.92 Å². The van der Waals surface area contributed by atoms with Crippen molar-refractivity contribution in [3.8, 4) is 5.75 Å². The van der Waals surface area contributed by atoms with Gasteiger partial charge in [-0.25, -0.2) is 4.79 Å². The van der Waals surface area contributed by atoms with Crippen LogP contribution in [0, 0.1) is 27.7 Å². The zero-order valence-corrected chi connectivity index (χ0v) is 21.3. The van der Waals surface area contributed by atoms with Gasteiger partial charge in [0.15, 0.2) is 11.0 Å². The average Bonchev–Trinajstić information content (AvgIpc) is 3.24. The highest BCUT2D eigenvalue weighted by Crippen LogP contribution is 2.33. The lowest BCUT2D eigenvalue weighted by Crippen LogP contribution is -2.16. The minimum Gasteiger partial charge on any atom is -0.485 e. The summed E-state index contributed by atoms with van der Waals surface area (Å²) >= 11 is 2.63. The minimum absolute atomic E-state index is 0.127. The third-order valence-electron chi connectivity index (χ3n) is 5.06. The van der Waals surface area contributed by atoms with Gasteiger partial charge in [0, 0.05) is 11.9 Å². The third-order valence-corrected chi connectivity index (χ3v) is 7.21. The van der Waals surface area contributed by atoms with Crippen LogP contribution in [0.2, 0.25) is 0 Å². The molecule has 176 valence electrons. The molecule has 2 heterocycles. The molecule has 0 unspecified atom stereocenters. The second kappa shape index (κ2) is 10.8. The van der Waals surface area contributed by atoms with Gasteiger partial charge in [0.05, 0.1) is 17.9 Å². The maximum absolute atomic E-state index is 12.6. The molecule has 0 spiro atoms. The molecule has 0 bridgehead atoms. The molecule has 1 N–H and O–H groups in total. The van der Waals surface area contributed by atoms with Crippen LogP contribution in [0.3, 0.4) is 0 Å². The SMILES string of the molecule is CCOC(=O)c1c(NC(=O)CSc2nnc(COc3ccc(C)cc3C)n2C)sc(C)c1C. The highest BCUT2D eigenvalue weighted by atomic mass is 32.2. The quantitative estimate of drug-likeness (QED) is 0.347. The van der Waals surface area contributed by atoms with Crippen molar-refractivity contribution in [2.75, 3.05) is 17.7 Å². The summed E-state index contributed by atoms with van der Waals surface area (Å²) in [6, 6.07) is 6.01. The van der Waals surface area contributed by atoms with Gasteiger partial charge in [-0.2, -0.15) is 0 Å². The number of carbonyl (C=O) groups is 2. The van der Waals surface area contributed by atoms with Gasteiger partial charge in [-0.3, -0.25) is 4.79 Å². The van der Waals surface area contributed by atoms with Crippen molar-refractivity contribution in [1.29, 1.82) is 0 Å². The first-order valence-electron chi connectivity index (χ1n) is 10.5. The Labute approximate surface area is 201 Å². The van der Waals surface area contributed by atoms with Crippen molar-refractivity contribution in [1.82, 2.24) is 14.8 Å². The van der Waals surface area contributed by atoms with E-state index in [9.17, 15) is 9.59 Å². The minimum atomic E-state index is -0.427. The molecule has 0 saturated carbocycles. The van der Waals surface area contributed by atoms with Gasteiger partial charge in [-0.05, 0) is 51.8 Å². The molecular formula is C23H28N4O4S2. The normalized spacial score (nSPS) is 10.8. The number of ether oxygens (including phenoxy) is 2. The summed E-state index contributed by atoms with van der Waals surface area (Å²) < 4.78 is 12.8. The Balaban J connectivity index is 1.60. The number of carbonyl (C=O) groups excluding carboxylic acids is 2. The molecule has 33 heavy (non-hydrogen) atoms. The second-order valence-electron chi connectivity index (χ2n) is 7.56. The topological polar surface area (TPSA) is 95.3 Å². The number of nitrogens with zero attached hydrogens (tertiary/aromatic N) is 3. The lowest BCUT2D eigenvalue weighted by atomic mass is 10.1. The Morgan fingerprint density at radius 1 is 1.18 bits per heavy atom. The van der Waals surface area contributed by atoms with Gasteiger partial charge in [-0.15, -0.1) is 21.5 Å². The van der Waals surface area contributed by atoms with Gasteiger partial charge in [0.25, 0.3) is 0 Å². The fourth-order valence-electron chi connectivity index (χ4n) is 3.16. The summed E-state index contributed by atoms with van der Waals surface area (Å²) in [6.07, 6.45) is 0. The highest BCUT2D eigenvalue weighted by molar-refractivity contribution is 7.99. The molecule has 10 heteroatoms. The van der Waals surface area contributed by atoms with Crippen molar-refractivity contribution < 1.29 is 19.1 Å². The van der Waals surface area contributed by atoms with Gasteiger partial charge >= 0.3 is 5.97 Å². The number of thiophene rings is 1. The Hall–Kier alpha value is -2.85. The van der Waals surface area contributed by atoms with Gasteiger partial charge in [0.1, 0.15) is 17.4 Å². The van der Waals surface area contributed by atoms with Crippen LogP contribution in [0.1, 0.15) is 44.7 Å². The molecule has 0 radical (unpaired) electrons. The van der Waals surface area contributed by atoms with Gasteiger partial charge < -0.3 is 19.4 Å². The van der Waals surface area contributed by atoms with E-state index in [-0.39, 0.29) is 24.9 Å². The molecule has 0 aliphatic heterocycles. The van der Waals surface area contributed by atoms with E-state index in [0.717, 1.165) is 21.8 Å². The van der Waals surface area contributed by atoms with Crippen LogP contribution in [0.5, 0.6) is 5.75 Å². The van der Waals surface area contributed by atoms with Gasteiger partial charge in [0.2, 0.25) is 5.91 Å². The van der Waals surface area contributed by atoms with E-state index >= 15 is 0 Å². The van der Waals surface area contributed by atoms with Crippen LogP contribution in [0.15, 0.2) is 23.4 Å². The molecule has 3 rings (SSSR count). The van der Waals surface area contributed by atoms with Crippen molar-refractivity contribution in [2.45, 2.75) is 46.4 Å². The summed E-state index contributed by atoms with van der Waals surface area (Å²) in [7, 11) is 1.84. The van der Waals surface area contributed by atoms with Crippen LogP contribution in [-0.4, -0.2) is 39.0 Å². The Bertz CT molecular complexity index is 1170. The van der Waals surface area contributed by atoms with Crippen molar-refractivity contribution in [3.05, 3.63) is 51.2 Å². The molecule has 0 aliphatic carbocycles. The predicted octanol–water partition coefficient (Wildman–Crippen LogP) is 4.60. The highest BCUT2D eigenvalue weighted by Gasteiger charge is 2.22. The lowest BCUT2D eigenvalue weighted by Gasteiger charge is -2.10. The zero-order chi connectivity index (χ0) is 24.1. The largest absolute Gasteiger partial charge is 0.485 e. The van der Waals surface area contributed by atoms with Crippen LogP contribution in [0.4, 0.5) is 5.00 Å². The standard InChI is InChI=1S/C23H28N4O4S2/c1-7-30-22(29)20-15(4)16(5)33-21(20)24-19(28)12-32-23-26-25-18(27(23)6)11-31-17-9-8-13(2)10-14(17)3/h8-10H,7,11-12H2,1-6H3,(H,24,28). The number of amides is 1. The average molecular weight is 489 g/mol. The summed E-state index contributed by atoms with van der Waals surface area (Å²) in [4.78, 5) is 25.8. The number of nitrogens with one attached hydrogen (secondary N) is 1. The van der Waals surface area contributed by atoms with E-state index < -0.39 is 5.97 Å². The first kappa shape index (κ1) is 24.8. The number of anilines is 1. The van der Waals surface area contributed by atoms with E-state index in [2.05, 4.69) is 21.6 Å². The number of aromatic nitrogens is 3. The predicted molar refractivity (Wildman–Crippen MR) is 130 cm³/mol. The Morgan fingerprint density at radius 2 is 1.94 bits per heavy atom. The number of esters is 1. The van der Waals surface area contributed by atoms with Crippen LogP contribution in [-0.2, 0) is 23.2 Å². The van der Waals surface area contributed by atoms with Crippen LogP contribution < -0.4 is 10.1 Å². The van der Waals surface area contributed by atoms with E-state index in [0.29, 0.717) is 21.5 Å². The maximum atomic E-state index is 12.6. The number of thioether (sulfide) groups is 1. The fourth-order valence-corrected chi connectivity index (χ4v) is 4.95. The van der Waals surface area contributed by atoms with Crippen molar-refractivity contribution in [3.63, 3.8) is 0 Å². The first-order chi connectivity index (χ1) is 15.7.